The molecule has 0 aromatic heterocycles. The van der Waals surface area contributed by atoms with Gasteiger partial charge in [-0.25, -0.2) is 0 Å². The Hall–Kier alpha value is -1.83. The van der Waals surface area contributed by atoms with Crippen LogP contribution in [0.1, 0.15) is 38.2 Å². The van der Waals surface area contributed by atoms with Crippen LogP contribution in [0, 0.1) is 0 Å². The van der Waals surface area contributed by atoms with Crippen LogP contribution in [0.2, 0.25) is 0 Å². The third kappa shape index (κ3) is 4.37. The van der Waals surface area contributed by atoms with E-state index in [-0.39, 0.29) is 5.97 Å². The van der Waals surface area contributed by atoms with Gasteiger partial charge >= 0.3 is 5.97 Å². The highest BCUT2D eigenvalue weighted by Crippen LogP contribution is 2.16. The number of rotatable bonds is 7. The lowest BCUT2D eigenvalue weighted by Crippen LogP contribution is -2.09. The largest absolute Gasteiger partial charge is 0.465 e. The quantitative estimate of drug-likeness (QED) is 0.546. The molecule has 106 valence electrons. The second-order valence-corrected chi connectivity index (χ2v) is 5.14. The van der Waals surface area contributed by atoms with Crippen molar-refractivity contribution in [3.63, 3.8) is 0 Å². The van der Waals surface area contributed by atoms with Crippen LogP contribution in [0.15, 0.2) is 42.5 Å². The number of esters is 1. The van der Waals surface area contributed by atoms with E-state index in [1.165, 1.54) is 23.6 Å². The molecule has 0 radical (unpaired) electrons. The van der Waals surface area contributed by atoms with Crippen LogP contribution in [0.25, 0.3) is 10.8 Å². The SMILES string of the molecule is CCCCCCOC(=O)Cc1ccc2ccccc2c1. The molecule has 2 aromatic rings. The Morgan fingerprint density at radius 3 is 2.60 bits per heavy atom. The van der Waals surface area contributed by atoms with E-state index in [2.05, 4.69) is 31.2 Å². The third-order valence-corrected chi connectivity index (χ3v) is 3.42. The van der Waals surface area contributed by atoms with Crippen molar-refractivity contribution < 1.29 is 9.53 Å². The Labute approximate surface area is 120 Å². The molecule has 0 spiro atoms. The van der Waals surface area contributed by atoms with Gasteiger partial charge in [-0.2, -0.15) is 0 Å². The average molecular weight is 270 g/mol. The fraction of sp³-hybridized carbons (Fsp3) is 0.389. The Morgan fingerprint density at radius 2 is 1.80 bits per heavy atom. The van der Waals surface area contributed by atoms with E-state index in [4.69, 9.17) is 4.74 Å². The van der Waals surface area contributed by atoms with Crippen LogP contribution in [-0.4, -0.2) is 12.6 Å². The van der Waals surface area contributed by atoms with Crippen molar-refractivity contribution in [1.29, 1.82) is 0 Å². The van der Waals surface area contributed by atoms with Gasteiger partial charge < -0.3 is 4.74 Å². The Balaban J connectivity index is 1.83. The lowest BCUT2D eigenvalue weighted by Gasteiger charge is -2.06. The molecule has 20 heavy (non-hydrogen) atoms. The van der Waals surface area contributed by atoms with Crippen molar-refractivity contribution in [2.75, 3.05) is 6.61 Å². The molecule has 0 unspecified atom stereocenters. The standard InChI is InChI=1S/C18H22O2/c1-2-3-4-7-12-20-18(19)14-15-10-11-16-8-5-6-9-17(16)13-15/h5-6,8-11,13H,2-4,7,12,14H2,1H3. The number of ether oxygens (including phenoxy) is 1. The average Bonchev–Trinajstić information content (AvgIpc) is 2.47. The smallest absolute Gasteiger partial charge is 0.310 e. The molecule has 2 aromatic carbocycles. The third-order valence-electron chi connectivity index (χ3n) is 3.42. The molecule has 0 atom stereocenters. The Kier molecular flexibility index (Phi) is 5.60. The van der Waals surface area contributed by atoms with E-state index in [0.29, 0.717) is 13.0 Å². The van der Waals surface area contributed by atoms with E-state index in [0.717, 1.165) is 18.4 Å². The molecule has 0 saturated heterocycles. The van der Waals surface area contributed by atoms with E-state index in [1.54, 1.807) is 0 Å². The van der Waals surface area contributed by atoms with Crippen LogP contribution in [0.4, 0.5) is 0 Å². The van der Waals surface area contributed by atoms with Gasteiger partial charge in [0.25, 0.3) is 0 Å². The molecule has 0 bridgehead atoms. The van der Waals surface area contributed by atoms with E-state index >= 15 is 0 Å². The van der Waals surface area contributed by atoms with Gasteiger partial charge in [-0.3, -0.25) is 4.79 Å². The molecular weight excluding hydrogens is 248 g/mol. The van der Waals surface area contributed by atoms with Crippen LogP contribution >= 0.6 is 0 Å². The van der Waals surface area contributed by atoms with Crippen molar-refractivity contribution in [1.82, 2.24) is 0 Å². The number of carbonyl (C=O) groups is 1. The molecule has 0 amide bonds. The summed E-state index contributed by atoms with van der Waals surface area (Å²) >= 11 is 0. The first-order valence-corrected chi connectivity index (χ1v) is 7.43. The first-order valence-electron chi connectivity index (χ1n) is 7.43. The Bertz CT molecular complexity index is 560. The van der Waals surface area contributed by atoms with Crippen LogP contribution in [0.3, 0.4) is 0 Å². The number of hydrogen-bond donors (Lipinski definition) is 0. The molecule has 0 N–H and O–H groups in total. The normalized spacial score (nSPS) is 10.7. The van der Waals surface area contributed by atoms with Crippen molar-refractivity contribution in [2.24, 2.45) is 0 Å². The second-order valence-electron chi connectivity index (χ2n) is 5.14. The topological polar surface area (TPSA) is 26.3 Å². The highest BCUT2D eigenvalue weighted by atomic mass is 16.5. The molecule has 2 rings (SSSR count). The number of unbranched alkanes of at least 4 members (excludes halogenated alkanes) is 3. The van der Waals surface area contributed by atoms with Crippen molar-refractivity contribution >= 4 is 16.7 Å². The summed E-state index contributed by atoms with van der Waals surface area (Å²) in [5.41, 5.74) is 1.02. The van der Waals surface area contributed by atoms with Gasteiger partial charge in [-0.05, 0) is 22.8 Å². The molecule has 0 fully saturated rings. The molecule has 0 heterocycles. The fourth-order valence-electron chi connectivity index (χ4n) is 2.28. The van der Waals surface area contributed by atoms with Crippen molar-refractivity contribution in [3.8, 4) is 0 Å². The van der Waals surface area contributed by atoms with Gasteiger partial charge in [-0.1, -0.05) is 68.7 Å². The highest BCUT2D eigenvalue weighted by Gasteiger charge is 2.05. The minimum Gasteiger partial charge on any atom is -0.465 e. The van der Waals surface area contributed by atoms with Crippen molar-refractivity contribution in [3.05, 3.63) is 48.0 Å². The minimum absolute atomic E-state index is 0.128. The molecule has 0 aliphatic carbocycles. The first kappa shape index (κ1) is 14.6. The summed E-state index contributed by atoms with van der Waals surface area (Å²) < 4.78 is 5.27. The van der Waals surface area contributed by atoms with Crippen LogP contribution < -0.4 is 0 Å². The Morgan fingerprint density at radius 1 is 1.00 bits per heavy atom. The van der Waals surface area contributed by atoms with Crippen LogP contribution in [-0.2, 0) is 16.0 Å². The van der Waals surface area contributed by atoms with Gasteiger partial charge in [0, 0.05) is 0 Å². The lowest BCUT2D eigenvalue weighted by molar-refractivity contribution is -0.142. The number of benzene rings is 2. The number of carbonyl (C=O) groups excluding carboxylic acids is 1. The zero-order valence-electron chi connectivity index (χ0n) is 12.1. The lowest BCUT2D eigenvalue weighted by atomic mass is 10.1. The summed E-state index contributed by atoms with van der Waals surface area (Å²) in [5, 5.41) is 2.37. The predicted octanol–water partition coefficient (Wildman–Crippen LogP) is 4.51. The van der Waals surface area contributed by atoms with Gasteiger partial charge in [-0.15, -0.1) is 0 Å². The maximum atomic E-state index is 11.8. The fourth-order valence-corrected chi connectivity index (χ4v) is 2.28. The van der Waals surface area contributed by atoms with E-state index in [1.807, 2.05) is 18.2 Å². The first-order chi connectivity index (χ1) is 9.79. The van der Waals surface area contributed by atoms with Gasteiger partial charge in [0.05, 0.1) is 13.0 Å². The molecular formula is C18H22O2. The summed E-state index contributed by atoms with van der Waals surface area (Å²) in [7, 11) is 0. The maximum Gasteiger partial charge on any atom is 0.310 e. The number of fused-ring (bicyclic) bond motifs is 1. The zero-order chi connectivity index (χ0) is 14.2. The number of hydrogen-bond acceptors (Lipinski definition) is 2. The van der Waals surface area contributed by atoms with E-state index in [9.17, 15) is 4.79 Å². The predicted molar refractivity (Wildman–Crippen MR) is 82.8 cm³/mol. The highest BCUT2D eigenvalue weighted by molar-refractivity contribution is 5.84. The van der Waals surface area contributed by atoms with E-state index < -0.39 is 0 Å². The maximum absolute atomic E-state index is 11.8. The minimum atomic E-state index is -0.128. The second kappa shape index (κ2) is 7.68. The van der Waals surface area contributed by atoms with Crippen LogP contribution in [0.5, 0.6) is 0 Å². The molecule has 0 aliphatic heterocycles. The van der Waals surface area contributed by atoms with Gasteiger partial charge in [0.1, 0.15) is 0 Å². The van der Waals surface area contributed by atoms with Gasteiger partial charge in [0.15, 0.2) is 0 Å². The monoisotopic (exact) mass is 270 g/mol. The molecule has 0 saturated carbocycles. The summed E-state index contributed by atoms with van der Waals surface area (Å²) in [6, 6.07) is 14.3. The molecule has 2 nitrogen and oxygen atoms in total. The molecule has 0 aliphatic rings. The van der Waals surface area contributed by atoms with Crippen molar-refractivity contribution in [2.45, 2.75) is 39.0 Å². The summed E-state index contributed by atoms with van der Waals surface area (Å²) in [5.74, 6) is -0.128. The summed E-state index contributed by atoms with van der Waals surface area (Å²) in [4.78, 5) is 11.8. The zero-order valence-corrected chi connectivity index (χ0v) is 12.1. The molecule has 2 heteroatoms. The summed E-state index contributed by atoms with van der Waals surface area (Å²) in [6.45, 7) is 2.72. The van der Waals surface area contributed by atoms with Gasteiger partial charge in [0.2, 0.25) is 0 Å². The summed E-state index contributed by atoms with van der Waals surface area (Å²) in [6.07, 6.45) is 4.88.